The Balaban J connectivity index is 1.94. The highest BCUT2D eigenvalue weighted by Gasteiger charge is 2.39. The lowest BCUT2D eigenvalue weighted by Gasteiger charge is -2.30. The van der Waals surface area contributed by atoms with Crippen molar-refractivity contribution in [3.63, 3.8) is 0 Å². The van der Waals surface area contributed by atoms with Crippen LogP contribution in [-0.4, -0.2) is 87.1 Å². The van der Waals surface area contributed by atoms with Crippen LogP contribution in [0.5, 0.6) is 0 Å². The van der Waals surface area contributed by atoms with Gasteiger partial charge >= 0.3 is 12.0 Å². The van der Waals surface area contributed by atoms with Crippen LogP contribution >= 0.6 is 0 Å². The third kappa shape index (κ3) is 7.87. The molecule has 9 N–H and O–H groups in total. The normalized spacial score (nSPS) is 26.5. The van der Waals surface area contributed by atoms with Gasteiger partial charge in [0, 0.05) is 6.54 Å². The number of nitrogens with two attached hydrogens (primary N) is 2. The van der Waals surface area contributed by atoms with Crippen molar-refractivity contribution in [2.45, 2.75) is 82.6 Å². The third-order valence-electron chi connectivity index (χ3n) is 6.67. The fourth-order valence-corrected chi connectivity index (χ4v) is 4.74. The van der Waals surface area contributed by atoms with Gasteiger partial charge in [-0.05, 0) is 45.6 Å². The van der Waals surface area contributed by atoms with Crippen LogP contribution in [0.1, 0.15) is 76.2 Å². The zero-order valence-corrected chi connectivity index (χ0v) is 22.4. The van der Waals surface area contributed by atoms with E-state index in [1.807, 2.05) is 11.8 Å². The van der Waals surface area contributed by atoms with E-state index in [1.165, 1.54) is 0 Å². The molecule has 220 valence electrons. The summed E-state index contributed by atoms with van der Waals surface area (Å²) < 4.78 is 5.86. The molecule has 3 rings (SSSR count). The molecule has 1 fully saturated rings. The Labute approximate surface area is 229 Å². The minimum atomic E-state index is -1.53. The molecule has 1 saturated heterocycles. The summed E-state index contributed by atoms with van der Waals surface area (Å²) in [5.41, 5.74) is 10.7. The predicted octanol–water partition coefficient (Wildman–Crippen LogP) is -1.62. The van der Waals surface area contributed by atoms with Gasteiger partial charge in [-0.2, -0.15) is 0 Å². The van der Waals surface area contributed by atoms with Crippen molar-refractivity contribution in [2.75, 3.05) is 13.1 Å². The fraction of sp³-hybridized carbons (Fsp3) is 0.652. The van der Waals surface area contributed by atoms with E-state index in [2.05, 4.69) is 36.5 Å². The highest BCUT2D eigenvalue weighted by atomic mass is 16.4. The van der Waals surface area contributed by atoms with E-state index in [9.17, 15) is 29.1 Å². The van der Waals surface area contributed by atoms with E-state index in [1.54, 1.807) is 6.92 Å². The standard InChI is InChI=1S/C23H36N10O7/c1-3-14-21-32-31-20(40-21)11(2)27-18(37)13(10-16(34)35)29-23(39)30-17(36)12(6-4-8-26-22(24)25)28-19(38)15-7-5-9-33(14)15/h11-15H,3-10H2,1-2H3,(H,27,37)(H,28,38)(H,34,35)(H4,24,25,26)(H2,29,30,36,39)/t11-,12-,13-,14?,15-/m0/s1. The first-order valence-corrected chi connectivity index (χ1v) is 13.1. The number of aliphatic carboxylic acids is 1. The molecule has 40 heavy (non-hydrogen) atoms. The Morgan fingerprint density at radius 2 is 1.80 bits per heavy atom. The molecule has 17 heteroatoms. The molecule has 2 aliphatic heterocycles. The van der Waals surface area contributed by atoms with Crippen molar-refractivity contribution in [3.05, 3.63) is 11.8 Å². The minimum Gasteiger partial charge on any atom is -0.481 e. The van der Waals surface area contributed by atoms with Gasteiger partial charge in [0.15, 0.2) is 5.96 Å². The molecule has 2 bridgehead atoms. The Kier molecular flexibility index (Phi) is 10.4. The van der Waals surface area contributed by atoms with Crippen LogP contribution in [0.2, 0.25) is 0 Å². The Morgan fingerprint density at radius 1 is 1.07 bits per heavy atom. The first-order valence-electron chi connectivity index (χ1n) is 13.1. The first kappa shape index (κ1) is 30.3. The van der Waals surface area contributed by atoms with E-state index in [0.717, 1.165) is 6.42 Å². The molecule has 3 heterocycles. The highest BCUT2D eigenvalue weighted by molar-refractivity contribution is 6.00. The average molecular weight is 565 g/mol. The van der Waals surface area contributed by atoms with Crippen LogP contribution in [0.4, 0.5) is 4.79 Å². The van der Waals surface area contributed by atoms with Gasteiger partial charge in [0.05, 0.1) is 18.5 Å². The monoisotopic (exact) mass is 564 g/mol. The van der Waals surface area contributed by atoms with Gasteiger partial charge in [0.2, 0.25) is 23.6 Å². The molecule has 5 atom stereocenters. The lowest BCUT2D eigenvalue weighted by molar-refractivity contribution is -0.139. The summed E-state index contributed by atoms with van der Waals surface area (Å²) >= 11 is 0. The maximum atomic E-state index is 13.4. The number of aliphatic imine (C=N–C) groups is 1. The van der Waals surface area contributed by atoms with E-state index in [4.69, 9.17) is 15.9 Å². The van der Waals surface area contributed by atoms with Crippen molar-refractivity contribution in [3.8, 4) is 0 Å². The molecule has 1 unspecified atom stereocenters. The number of imide groups is 1. The zero-order chi connectivity index (χ0) is 29.4. The number of guanidine groups is 1. The number of rotatable bonds is 7. The summed E-state index contributed by atoms with van der Waals surface area (Å²) in [5, 5.41) is 27.0. The van der Waals surface area contributed by atoms with Crippen LogP contribution in [0, 0.1) is 0 Å². The quantitative estimate of drug-likeness (QED) is 0.112. The molecule has 0 aromatic carbocycles. The Hall–Kier alpha value is -4.28. The number of hydrogen-bond acceptors (Lipinski definition) is 10. The molecular weight excluding hydrogens is 528 g/mol. The zero-order valence-electron chi connectivity index (χ0n) is 22.4. The fourth-order valence-electron chi connectivity index (χ4n) is 4.74. The second kappa shape index (κ2) is 13.7. The summed E-state index contributed by atoms with van der Waals surface area (Å²) in [5.74, 6) is -3.27. The maximum Gasteiger partial charge on any atom is 0.322 e. The number of carbonyl (C=O) groups is 5. The molecule has 0 radical (unpaired) electrons. The number of nitrogens with zero attached hydrogens (tertiary/aromatic N) is 4. The van der Waals surface area contributed by atoms with Crippen LogP contribution in [-0.2, 0) is 19.2 Å². The number of carboxylic acids is 1. The van der Waals surface area contributed by atoms with Gasteiger partial charge in [-0.3, -0.25) is 34.4 Å². The summed E-state index contributed by atoms with van der Waals surface area (Å²) in [7, 11) is 0. The predicted molar refractivity (Wildman–Crippen MR) is 138 cm³/mol. The van der Waals surface area contributed by atoms with E-state index < -0.39 is 66.4 Å². The first-order chi connectivity index (χ1) is 19.0. The van der Waals surface area contributed by atoms with E-state index in [-0.39, 0.29) is 30.7 Å². The molecule has 17 nitrogen and oxygen atoms in total. The number of hydrogen-bond donors (Lipinski definition) is 7. The molecular formula is C23H36N10O7. The van der Waals surface area contributed by atoms with E-state index >= 15 is 0 Å². The molecule has 0 saturated carbocycles. The van der Waals surface area contributed by atoms with Crippen molar-refractivity contribution in [1.82, 2.24) is 36.4 Å². The van der Waals surface area contributed by atoms with Gasteiger partial charge in [0.1, 0.15) is 18.1 Å². The maximum absolute atomic E-state index is 13.4. The molecule has 5 amide bonds. The molecule has 1 aromatic rings. The van der Waals surface area contributed by atoms with Crippen molar-refractivity contribution < 1.29 is 33.5 Å². The third-order valence-corrected chi connectivity index (χ3v) is 6.67. The van der Waals surface area contributed by atoms with Crippen molar-refractivity contribution >= 4 is 35.7 Å². The van der Waals surface area contributed by atoms with Gasteiger partial charge in [-0.1, -0.05) is 6.92 Å². The number of carbonyl (C=O) groups excluding carboxylic acids is 4. The number of urea groups is 1. The van der Waals surface area contributed by atoms with Gasteiger partial charge in [0.25, 0.3) is 5.91 Å². The number of aromatic nitrogens is 2. The Morgan fingerprint density at radius 3 is 2.48 bits per heavy atom. The van der Waals surface area contributed by atoms with Gasteiger partial charge in [-0.25, -0.2) is 4.79 Å². The Bertz CT molecular complexity index is 1130. The van der Waals surface area contributed by atoms with Crippen LogP contribution in [0.15, 0.2) is 9.41 Å². The van der Waals surface area contributed by atoms with Crippen LogP contribution in [0.25, 0.3) is 0 Å². The summed E-state index contributed by atoms with van der Waals surface area (Å²) in [6.07, 6.45) is 1.41. The van der Waals surface area contributed by atoms with Crippen LogP contribution < -0.4 is 32.7 Å². The van der Waals surface area contributed by atoms with Gasteiger partial charge < -0.3 is 36.9 Å². The lowest BCUT2D eigenvalue weighted by Crippen LogP contribution is -2.57. The number of amides is 5. The molecule has 0 spiro atoms. The number of nitrogens with one attached hydrogen (secondary N) is 4. The largest absolute Gasteiger partial charge is 0.481 e. The summed E-state index contributed by atoms with van der Waals surface area (Å²) in [4.78, 5) is 69.2. The lowest BCUT2D eigenvalue weighted by atomic mass is 10.1. The van der Waals surface area contributed by atoms with Crippen molar-refractivity contribution in [1.29, 1.82) is 0 Å². The number of fused-ring (bicyclic) bond motifs is 3. The van der Waals surface area contributed by atoms with Crippen molar-refractivity contribution in [2.24, 2.45) is 16.5 Å². The molecule has 0 aliphatic carbocycles. The average Bonchev–Trinajstić information content (AvgIpc) is 3.56. The second-order valence-electron chi connectivity index (χ2n) is 9.65. The molecule has 1 aromatic heterocycles. The molecule has 2 aliphatic rings. The van der Waals surface area contributed by atoms with Crippen LogP contribution in [0.3, 0.4) is 0 Å². The van der Waals surface area contributed by atoms with Gasteiger partial charge in [-0.15, -0.1) is 10.2 Å². The summed E-state index contributed by atoms with van der Waals surface area (Å²) in [6.45, 7) is 4.22. The topological polar surface area (TPSA) is 260 Å². The highest BCUT2D eigenvalue weighted by Crippen LogP contribution is 2.32. The van der Waals surface area contributed by atoms with E-state index in [0.29, 0.717) is 25.8 Å². The summed E-state index contributed by atoms with van der Waals surface area (Å²) in [6, 6.07) is -5.62. The SMILES string of the molecule is CCC1c2nnc(o2)[C@H](C)NC(=O)[C@H](CC(=O)O)NC(=O)NC(=O)[C@H](CCCN=C(N)N)NC(=O)[C@@H]2CCCN12. The smallest absolute Gasteiger partial charge is 0.322 e. The minimum absolute atomic E-state index is 0.0702. The number of carboxylic acid groups (broad SMARTS) is 1. The second-order valence-corrected chi connectivity index (χ2v) is 9.65.